The molecule has 0 saturated carbocycles. The molecule has 3 aromatic rings. The zero-order chi connectivity index (χ0) is 18.1. The molecule has 1 atom stereocenters. The first-order chi connectivity index (χ1) is 12.6. The second-order valence-corrected chi connectivity index (χ2v) is 7.36. The van der Waals surface area contributed by atoms with Crippen molar-refractivity contribution in [3.8, 4) is 11.6 Å². The zero-order valence-electron chi connectivity index (χ0n) is 14.5. The second-order valence-electron chi connectivity index (χ2n) is 6.50. The molecule has 7 heteroatoms. The van der Waals surface area contributed by atoms with Gasteiger partial charge in [0, 0.05) is 28.6 Å². The van der Waals surface area contributed by atoms with Gasteiger partial charge >= 0.3 is 0 Å². The third kappa shape index (κ3) is 3.07. The number of nitrogen functional groups attached to an aromatic ring is 1. The highest BCUT2D eigenvalue weighted by Crippen LogP contribution is 2.37. The zero-order valence-corrected chi connectivity index (χ0v) is 16.1. The van der Waals surface area contributed by atoms with Crippen molar-refractivity contribution in [2.75, 3.05) is 17.2 Å². The van der Waals surface area contributed by atoms with Gasteiger partial charge in [0.25, 0.3) is 0 Å². The number of piperidine rings is 1. The number of nitrogens with zero attached hydrogens (tertiary/aromatic N) is 4. The fourth-order valence-corrected chi connectivity index (χ4v) is 3.84. The van der Waals surface area contributed by atoms with Crippen LogP contribution in [0.5, 0.6) is 11.6 Å². The predicted octanol–water partition coefficient (Wildman–Crippen LogP) is 4.54. The number of aromatic nitrogens is 3. The molecule has 0 radical (unpaired) electrons. The van der Waals surface area contributed by atoms with Crippen LogP contribution in [0.3, 0.4) is 0 Å². The third-order valence-electron chi connectivity index (χ3n) is 4.79. The van der Waals surface area contributed by atoms with Crippen molar-refractivity contribution in [2.24, 2.45) is 0 Å². The van der Waals surface area contributed by atoms with Crippen molar-refractivity contribution in [1.29, 1.82) is 0 Å². The van der Waals surface area contributed by atoms with Crippen LogP contribution in [0.25, 0.3) is 10.9 Å². The SMILES string of the molecule is CC1CCCCN1c1ncnc(Oc2ccc(Br)c3cccnc23)c1N. The molecule has 0 bridgehead atoms. The molecule has 0 spiro atoms. The molecule has 0 aliphatic carbocycles. The maximum atomic E-state index is 6.38. The van der Waals surface area contributed by atoms with Gasteiger partial charge < -0.3 is 15.4 Å². The van der Waals surface area contributed by atoms with E-state index in [0.717, 1.165) is 40.6 Å². The van der Waals surface area contributed by atoms with E-state index >= 15 is 0 Å². The second kappa shape index (κ2) is 7.07. The topological polar surface area (TPSA) is 77.2 Å². The Morgan fingerprint density at radius 2 is 2.08 bits per heavy atom. The van der Waals surface area contributed by atoms with Gasteiger partial charge in [0.2, 0.25) is 5.88 Å². The number of benzene rings is 1. The first-order valence-corrected chi connectivity index (χ1v) is 9.52. The molecule has 1 unspecified atom stereocenters. The Labute approximate surface area is 160 Å². The highest BCUT2D eigenvalue weighted by molar-refractivity contribution is 9.10. The van der Waals surface area contributed by atoms with E-state index in [9.17, 15) is 0 Å². The lowest BCUT2D eigenvalue weighted by Crippen LogP contribution is -2.38. The summed E-state index contributed by atoms with van der Waals surface area (Å²) in [6.45, 7) is 3.15. The van der Waals surface area contributed by atoms with Crippen LogP contribution in [0.4, 0.5) is 11.5 Å². The fourth-order valence-electron chi connectivity index (χ4n) is 3.39. The number of halogens is 1. The van der Waals surface area contributed by atoms with E-state index in [0.29, 0.717) is 23.4 Å². The molecule has 1 fully saturated rings. The predicted molar refractivity (Wildman–Crippen MR) is 107 cm³/mol. The van der Waals surface area contributed by atoms with Crippen molar-refractivity contribution < 1.29 is 4.74 Å². The quantitative estimate of drug-likeness (QED) is 0.678. The maximum absolute atomic E-state index is 6.38. The lowest BCUT2D eigenvalue weighted by atomic mass is 10.0. The molecule has 6 nitrogen and oxygen atoms in total. The van der Waals surface area contributed by atoms with Crippen molar-refractivity contribution in [1.82, 2.24) is 15.0 Å². The third-order valence-corrected chi connectivity index (χ3v) is 5.48. The lowest BCUT2D eigenvalue weighted by Gasteiger charge is -2.35. The summed E-state index contributed by atoms with van der Waals surface area (Å²) in [5.74, 6) is 1.73. The van der Waals surface area contributed by atoms with E-state index in [-0.39, 0.29) is 0 Å². The molecule has 3 heterocycles. The van der Waals surface area contributed by atoms with Crippen LogP contribution < -0.4 is 15.4 Å². The molecule has 4 rings (SSSR count). The van der Waals surface area contributed by atoms with Gasteiger partial charge in [0.05, 0.1) is 0 Å². The van der Waals surface area contributed by atoms with Crippen molar-refractivity contribution in [2.45, 2.75) is 32.2 Å². The number of nitrogens with two attached hydrogens (primary N) is 1. The molecule has 1 aliphatic heterocycles. The molecule has 1 aliphatic rings. The Morgan fingerprint density at radius 1 is 1.19 bits per heavy atom. The van der Waals surface area contributed by atoms with E-state index in [1.165, 1.54) is 12.7 Å². The van der Waals surface area contributed by atoms with Crippen LogP contribution in [-0.4, -0.2) is 27.5 Å². The fraction of sp³-hybridized carbons (Fsp3) is 0.316. The van der Waals surface area contributed by atoms with Gasteiger partial charge in [-0.3, -0.25) is 4.98 Å². The molecule has 26 heavy (non-hydrogen) atoms. The Kier molecular flexibility index (Phi) is 4.63. The standard InChI is InChI=1S/C19H20BrN5O/c1-12-5-2-3-10-25(12)18-16(21)19(24-11-23-18)26-15-8-7-14(20)13-6-4-9-22-17(13)15/h4,6-9,11-12H,2-3,5,10,21H2,1H3. The Hall–Kier alpha value is -2.41. The van der Waals surface area contributed by atoms with Crippen molar-refractivity contribution in [3.63, 3.8) is 0 Å². The smallest absolute Gasteiger partial charge is 0.248 e. The Bertz CT molecular complexity index is 948. The molecule has 1 saturated heterocycles. The number of anilines is 2. The summed E-state index contributed by atoms with van der Waals surface area (Å²) in [4.78, 5) is 15.4. The highest BCUT2D eigenvalue weighted by atomic mass is 79.9. The summed E-state index contributed by atoms with van der Waals surface area (Å²) >= 11 is 3.55. The van der Waals surface area contributed by atoms with Crippen LogP contribution in [0, 0.1) is 0 Å². The number of pyridine rings is 1. The van der Waals surface area contributed by atoms with Gasteiger partial charge in [-0.25, -0.2) is 4.98 Å². The average Bonchev–Trinajstić information content (AvgIpc) is 2.66. The summed E-state index contributed by atoms with van der Waals surface area (Å²) < 4.78 is 7.02. The summed E-state index contributed by atoms with van der Waals surface area (Å²) in [6, 6.07) is 8.09. The van der Waals surface area contributed by atoms with Crippen LogP contribution >= 0.6 is 15.9 Å². The van der Waals surface area contributed by atoms with E-state index in [1.54, 1.807) is 6.20 Å². The van der Waals surface area contributed by atoms with Gasteiger partial charge in [-0.1, -0.05) is 22.0 Å². The van der Waals surface area contributed by atoms with Crippen LogP contribution in [0.2, 0.25) is 0 Å². The van der Waals surface area contributed by atoms with Crippen LogP contribution in [0.15, 0.2) is 41.3 Å². The van der Waals surface area contributed by atoms with E-state index in [2.05, 4.69) is 42.7 Å². The minimum atomic E-state index is 0.363. The van der Waals surface area contributed by atoms with Gasteiger partial charge in [-0.2, -0.15) is 4.98 Å². The highest BCUT2D eigenvalue weighted by Gasteiger charge is 2.24. The van der Waals surface area contributed by atoms with Gasteiger partial charge in [0.15, 0.2) is 11.6 Å². The van der Waals surface area contributed by atoms with Crippen molar-refractivity contribution in [3.05, 3.63) is 41.3 Å². The molecule has 2 N–H and O–H groups in total. The number of fused-ring (bicyclic) bond motifs is 1. The number of ether oxygens (including phenoxy) is 1. The Morgan fingerprint density at radius 3 is 2.92 bits per heavy atom. The van der Waals surface area contributed by atoms with Crippen LogP contribution in [-0.2, 0) is 0 Å². The first-order valence-electron chi connectivity index (χ1n) is 8.73. The first kappa shape index (κ1) is 17.0. The molecule has 134 valence electrons. The Balaban J connectivity index is 1.72. The minimum absolute atomic E-state index is 0.363. The number of rotatable bonds is 3. The molecule has 2 aromatic heterocycles. The largest absolute Gasteiger partial charge is 0.435 e. The van der Waals surface area contributed by atoms with Gasteiger partial charge in [-0.15, -0.1) is 0 Å². The van der Waals surface area contributed by atoms with Gasteiger partial charge in [0.1, 0.15) is 17.5 Å². The van der Waals surface area contributed by atoms with Crippen LogP contribution in [0.1, 0.15) is 26.2 Å². The van der Waals surface area contributed by atoms with E-state index < -0.39 is 0 Å². The summed E-state index contributed by atoms with van der Waals surface area (Å²) in [7, 11) is 0. The van der Waals surface area contributed by atoms with E-state index in [4.69, 9.17) is 10.5 Å². The molecule has 1 aromatic carbocycles. The monoisotopic (exact) mass is 413 g/mol. The summed E-state index contributed by atoms with van der Waals surface area (Å²) in [6.07, 6.45) is 6.78. The lowest BCUT2D eigenvalue weighted by molar-refractivity contribution is 0.462. The van der Waals surface area contributed by atoms with E-state index in [1.807, 2.05) is 24.3 Å². The molecular weight excluding hydrogens is 394 g/mol. The summed E-state index contributed by atoms with van der Waals surface area (Å²) in [5.41, 5.74) is 7.60. The molecule has 0 amide bonds. The van der Waals surface area contributed by atoms with Crippen molar-refractivity contribution >= 4 is 38.3 Å². The molecular formula is C19H20BrN5O. The maximum Gasteiger partial charge on any atom is 0.248 e. The van der Waals surface area contributed by atoms with Gasteiger partial charge in [-0.05, 0) is 44.4 Å². The average molecular weight is 414 g/mol. The summed E-state index contributed by atoms with van der Waals surface area (Å²) in [5, 5.41) is 0.975. The normalized spacial score (nSPS) is 17.5. The number of hydrogen-bond donors (Lipinski definition) is 1. The minimum Gasteiger partial charge on any atom is -0.435 e. The number of hydrogen-bond acceptors (Lipinski definition) is 6.